The number of aliphatic hydroxyl groups excluding tert-OH is 1. The van der Waals surface area contributed by atoms with E-state index in [9.17, 15) is 19.5 Å². The molecule has 0 saturated carbocycles. The van der Waals surface area contributed by atoms with Gasteiger partial charge >= 0.3 is 6.09 Å². The van der Waals surface area contributed by atoms with E-state index < -0.39 is 29.9 Å². The van der Waals surface area contributed by atoms with Gasteiger partial charge in [0.15, 0.2) is 0 Å². The monoisotopic (exact) mass is 603 g/mol. The predicted molar refractivity (Wildman–Crippen MR) is 169 cm³/mol. The highest BCUT2D eigenvalue weighted by molar-refractivity contribution is 7.99. The smallest absolute Gasteiger partial charge is 0.408 e. The van der Waals surface area contributed by atoms with Gasteiger partial charge in [0.2, 0.25) is 5.91 Å². The van der Waals surface area contributed by atoms with Gasteiger partial charge in [0, 0.05) is 16.2 Å². The molecule has 0 heterocycles. The summed E-state index contributed by atoms with van der Waals surface area (Å²) in [5.74, 6) is 0.323. The summed E-state index contributed by atoms with van der Waals surface area (Å²) in [5, 5.41) is 20.0. The fraction of sp³-hybridized carbons (Fsp3) is 0.516. The molecule has 4 N–H and O–H groups in total. The number of thioether (sulfide) groups is 2. The highest BCUT2D eigenvalue weighted by atomic mass is 32.2. The summed E-state index contributed by atoms with van der Waals surface area (Å²) in [7, 11) is 0. The van der Waals surface area contributed by atoms with Crippen LogP contribution in [0.5, 0.6) is 0 Å². The highest BCUT2D eigenvalue weighted by Gasteiger charge is 2.29. The van der Waals surface area contributed by atoms with E-state index in [0.717, 1.165) is 10.5 Å². The first-order chi connectivity index (χ1) is 19.2. The van der Waals surface area contributed by atoms with Gasteiger partial charge in [-0.25, -0.2) is 4.79 Å². The molecule has 0 radical (unpaired) electrons. The Morgan fingerprint density at radius 3 is 2.17 bits per heavy atom. The molecule has 0 aromatic heterocycles. The second kappa shape index (κ2) is 16.1. The number of aliphatic hydroxyl groups is 1. The Bertz CT molecular complexity index is 1130. The average Bonchev–Trinajstić information content (AvgIpc) is 2.88. The molecule has 0 aliphatic heterocycles. The van der Waals surface area contributed by atoms with Gasteiger partial charge in [-0.1, -0.05) is 42.5 Å². The van der Waals surface area contributed by atoms with Crippen molar-refractivity contribution in [3.8, 4) is 0 Å². The van der Waals surface area contributed by atoms with Crippen molar-refractivity contribution in [3.05, 3.63) is 65.7 Å². The van der Waals surface area contributed by atoms with Crippen LogP contribution in [0.2, 0.25) is 0 Å². The van der Waals surface area contributed by atoms with E-state index in [-0.39, 0.29) is 23.1 Å². The second-order valence-electron chi connectivity index (χ2n) is 11.9. The zero-order chi connectivity index (χ0) is 30.6. The molecule has 3 atom stereocenters. The van der Waals surface area contributed by atoms with E-state index >= 15 is 0 Å². The van der Waals surface area contributed by atoms with Crippen LogP contribution in [0.15, 0.2) is 59.5 Å². The Morgan fingerprint density at radius 2 is 1.56 bits per heavy atom. The van der Waals surface area contributed by atoms with E-state index in [2.05, 4.69) is 16.0 Å². The number of hydrogen-bond acceptors (Lipinski definition) is 7. The molecule has 2 aromatic rings. The number of benzene rings is 2. The van der Waals surface area contributed by atoms with Gasteiger partial charge in [-0.15, -0.1) is 11.8 Å². The zero-order valence-corrected chi connectivity index (χ0v) is 26.8. The lowest BCUT2D eigenvalue weighted by atomic mass is 10.0. The topological polar surface area (TPSA) is 117 Å². The third kappa shape index (κ3) is 13.2. The van der Waals surface area contributed by atoms with Crippen molar-refractivity contribution in [1.82, 2.24) is 16.0 Å². The minimum absolute atomic E-state index is 0.186. The predicted octanol–water partition coefficient (Wildman–Crippen LogP) is 5.04. The molecule has 0 aliphatic rings. The van der Waals surface area contributed by atoms with E-state index in [4.69, 9.17) is 4.74 Å². The molecule has 41 heavy (non-hydrogen) atoms. The van der Waals surface area contributed by atoms with Gasteiger partial charge in [-0.3, -0.25) is 9.59 Å². The van der Waals surface area contributed by atoms with Gasteiger partial charge in [0.25, 0.3) is 5.91 Å². The molecule has 0 aliphatic carbocycles. The van der Waals surface area contributed by atoms with Crippen LogP contribution in [-0.4, -0.2) is 70.1 Å². The summed E-state index contributed by atoms with van der Waals surface area (Å²) in [4.78, 5) is 39.5. The Kier molecular flexibility index (Phi) is 13.5. The molecule has 0 unspecified atom stereocenters. The van der Waals surface area contributed by atoms with Crippen molar-refractivity contribution < 1.29 is 24.2 Å². The quantitative estimate of drug-likeness (QED) is 0.237. The lowest BCUT2D eigenvalue weighted by Gasteiger charge is -2.28. The standard InChI is InChI=1S/C31H45N3O5S2/c1-30(2,3)34-27(36)22-15-11-12-16-26(22)41-20-25(35)24(19-21-13-9-8-10-14-21)32-28(37)23(17-18-40-7)33-29(38)39-31(4,5)6/h8-16,23-25,35H,17-20H2,1-7H3,(H,32,37)(H,33,38)(H,34,36)/t23-,24-,25-/m0/s1. The molecule has 0 bridgehead atoms. The maximum Gasteiger partial charge on any atom is 0.408 e. The minimum Gasteiger partial charge on any atom is -0.444 e. The first-order valence-corrected chi connectivity index (χ1v) is 16.1. The summed E-state index contributed by atoms with van der Waals surface area (Å²) >= 11 is 2.93. The molecular formula is C31H45N3O5S2. The fourth-order valence-electron chi connectivity index (χ4n) is 3.87. The van der Waals surface area contributed by atoms with Crippen molar-refractivity contribution >= 4 is 41.4 Å². The molecule has 0 spiro atoms. The molecule has 10 heteroatoms. The number of alkyl carbamates (subject to hydrolysis) is 1. The Balaban J connectivity index is 2.21. The van der Waals surface area contributed by atoms with Gasteiger partial charge in [0.05, 0.1) is 17.7 Å². The van der Waals surface area contributed by atoms with Crippen LogP contribution in [0.3, 0.4) is 0 Å². The van der Waals surface area contributed by atoms with Crippen LogP contribution in [0, 0.1) is 0 Å². The van der Waals surface area contributed by atoms with Crippen molar-refractivity contribution in [1.29, 1.82) is 0 Å². The van der Waals surface area contributed by atoms with Crippen LogP contribution in [-0.2, 0) is 16.0 Å². The summed E-state index contributed by atoms with van der Waals surface area (Å²) in [5.41, 5.74) is 0.391. The Hall–Kier alpha value is -2.69. The Labute approximate surface area is 253 Å². The van der Waals surface area contributed by atoms with Crippen LogP contribution in [0.1, 0.15) is 63.9 Å². The van der Waals surface area contributed by atoms with Crippen LogP contribution in [0.4, 0.5) is 4.79 Å². The van der Waals surface area contributed by atoms with Gasteiger partial charge < -0.3 is 25.8 Å². The Morgan fingerprint density at radius 1 is 0.927 bits per heavy atom. The number of carbonyl (C=O) groups is 3. The minimum atomic E-state index is -0.939. The van der Waals surface area contributed by atoms with Crippen LogP contribution < -0.4 is 16.0 Å². The van der Waals surface area contributed by atoms with Crippen molar-refractivity contribution in [2.45, 2.75) is 88.6 Å². The van der Waals surface area contributed by atoms with Gasteiger partial charge in [0.1, 0.15) is 11.6 Å². The number of rotatable bonds is 13. The normalized spacial score (nSPS) is 14.0. The van der Waals surface area contributed by atoms with Crippen molar-refractivity contribution in [3.63, 3.8) is 0 Å². The zero-order valence-electron chi connectivity index (χ0n) is 25.2. The third-order valence-corrected chi connectivity index (χ3v) is 7.56. The van der Waals surface area contributed by atoms with Gasteiger partial charge in [-0.05, 0) is 84.1 Å². The van der Waals surface area contributed by atoms with Crippen LogP contribution >= 0.6 is 23.5 Å². The largest absolute Gasteiger partial charge is 0.444 e. The summed E-state index contributed by atoms with van der Waals surface area (Å²) in [6.45, 7) is 11.1. The van der Waals surface area contributed by atoms with Gasteiger partial charge in [-0.2, -0.15) is 11.8 Å². The third-order valence-electron chi connectivity index (χ3n) is 5.74. The lowest BCUT2D eigenvalue weighted by molar-refractivity contribution is -0.124. The number of ether oxygens (including phenoxy) is 1. The second-order valence-corrected chi connectivity index (χ2v) is 13.9. The SMILES string of the molecule is CSCC[C@H](NC(=O)OC(C)(C)C)C(=O)N[C@@H](Cc1ccccc1)[C@@H](O)CSc1ccccc1C(=O)NC(C)(C)C. The fourth-order valence-corrected chi connectivity index (χ4v) is 5.41. The number of amides is 3. The van der Waals surface area contributed by atoms with E-state index in [1.165, 1.54) is 11.8 Å². The maximum absolute atomic E-state index is 13.4. The number of carbonyl (C=O) groups excluding carboxylic acids is 3. The first kappa shape index (κ1) is 34.5. The van der Waals surface area contributed by atoms with E-state index in [1.807, 2.05) is 75.6 Å². The molecular weight excluding hydrogens is 558 g/mol. The molecule has 2 aromatic carbocycles. The van der Waals surface area contributed by atoms with E-state index in [1.54, 1.807) is 38.6 Å². The summed E-state index contributed by atoms with van der Waals surface area (Å²) < 4.78 is 5.37. The first-order valence-electron chi connectivity index (χ1n) is 13.7. The van der Waals surface area contributed by atoms with Crippen LogP contribution in [0.25, 0.3) is 0 Å². The summed E-state index contributed by atoms with van der Waals surface area (Å²) in [6.07, 6.45) is 1.12. The molecule has 8 nitrogen and oxygen atoms in total. The maximum atomic E-state index is 13.4. The lowest BCUT2D eigenvalue weighted by Crippen LogP contribution is -2.54. The number of nitrogens with one attached hydrogen (secondary N) is 3. The number of hydrogen-bond donors (Lipinski definition) is 4. The summed E-state index contributed by atoms with van der Waals surface area (Å²) in [6, 6.07) is 15.4. The average molecular weight is 604 g/mol. The molecule has 226 valence electrons. The van der Waals surface area contributed by atoms with Crippen molar-refractivity contribution in [2.24, 2.45) is 0 Å². The van der Waals surface area contributed by atoms with Crippen molar-refractivity contribution in [2.75, 3.05) is 17.8 Å². The van der Waals surface area contributed by atoms with E-state index in [0.29, 0.717) is 24.2 Å². The highest BCUT2D eigenvalue weighted by Crippen LogP contribution is 2.25. The molecule has 2 rings (SSSR count). The molecule has 0 saturated heterocycles. The molecule has 3 amide bonds. The molecule has 0 fully saturated rings.